The Morgan fingerprint density at radius 1 is 1.20 bits per heavy atom. The molecule has 1 heterocycles. The lowest BCUT2D eigenvalue weighted by atomic mass is 9.91. The number of hydrogen-bond acceptors (Lipinski definition) is 4. The van der Waals surface area contributed by atoms with Crippen molar-refractivity contribution in [2.75, 3.05) is 0 Å². The van der Waals surface area contributed by atoms with Gasteiger partial charge < -0.3 is 0 Å². The quantitative estimate of drug-likeness (QED) is 0.606. The molecule has 0 aromatic carbocycles. The van der Waals surface area contributed by atoms with Crippen LogP contribution in [0, 0.1) is 11.8 Å². The Morgan fingerprint density at radius 2 is 2.00 bits per heavy atom. The number of rotatable bonds is 7. The van der Waals surface area contributed by atoms with Crippen molar-refractivity contribution in [2.45, 2.75) is 52.9 Å². The number of hydrazone groups is 1. The van der Waals surface area contributed by atoms with Crippen molar-refractivity contribution in [3.8, 4) is 0 Å². The van der Waals surface area contributed by atoms with Crippen LogP contribution in [0.15, 0.2) is 5.10 Å². The Labute approximate surface area is 92.8 Å². The molecule has 0 aromatic rings. The Hall–Kier alpha value is -0.770. The molecule has 0 aliphatic carbocycles. The molecule has 4 nitrogen and oxygen atoms in total. The standard InChI is InChI=1S/C11H24N4/c1-4-6-10(8-7-9(3)5-2)11-12-14-15-13-11/h9-10,14-15H,4-8H2,1-3H3,(H,12,13). The molecule has 88 valence electrons. The van der Waals surface area contributed by atoms with E-state index in [0.717, 1.165) is 11.8 Å². The average molecular weight is 212 g/mol. The summed E-state index contributed by atoms with van der Waals surface area (Å²) in [5.74, 6) is 2.47. The van der Waals surface area contributed by atoms with Gasteiger partial charge in [0.15, 0.2) is 0 Å². The number of hydrogen-bond donors (Lipinski definition) is 3. The Morgan fingerprint density at radius 3 is 2.53 bits per heavy atom. The van der Waals surface area contributed by atoms with Crippen LogP contribution >= 0.6 is 0 Å². The summed E-state index contributed by atoms with van der Waals surface area (Å²) >= 11 is 0. The van der Waals surface area contributed by atoms with Crippen LogP contribution < -0.4 is 16.5 Å². The first kappa shape index (κ1) is 12.3. The lowest BCUT2D eigenvalue weighted by molar-refractivity contribution is 0.437. The highest BCUT2D eigenvalue weighted by Crippen LogP contribution is 2.20. The third kappa shape index (κ3) is 4.08. The lowest BCUT2D eigenvalue weighted by Gasteiger charge is -2.17. The summed E-state index contributed by atoms with van der Waals surface area (Å²) in [6, 6.07) is 0. The number of amidine groups is 1. The van der Waals surface area contributed by atoms with Gasteiger partial charge in [0, 0.05) is 5.92 Å². The van der Waals surface area contributed by atoms with E-state index in [1.165, 1.54) is 32.1 Å². The fraction of sp³-hybridized carbons (Fsp3) is 0.909. The van der Waals surface area contributed by atoms with E-state index >= 15 is 0 Å². The van der Waals surface area contributed by atoms with Crippen LogP contribution in [0.2, 0.25) is 0 Å². The van der Waals surface area contributed by atoms with Crippen molar-refractivity contribution in [3.63, 3.8) is 0 Å². The molecule has 0 radical (unpaired) electrons. The van der Waals surface area contributed by atoms with Gasteiger partial charge >= 0.3 is 0 Å². The molecular formula is C11H24N4. The maximum absolute atomic E-state index is 4.20. The molecule has 2 atom stereocenters. The summed E-state index contributed by atoms with van der Waals surface area (Å²) in [6.07, 6.45) is 6.23. The van der Waals surface area contributed by atoms with Crippen molar-refractivity contribution in [2.24, 2.45) is 16.9 Å². The van der Waals surface area contributed by atoms with Gasteiger partial charge in [-0.2, -0.15) is 0 Å². The zero-order valence-corrected chi connectivity index (χ0v) is 10.1. The van der Waals surface area contributed by atoms with E-state index in [9.17, 15) is 0 Å². The van der Waals surface area contributed by atoms with Gasteiger partial charge in [-0.1, -0.05) is 40.0 Å². The molecule has 0 amide bonds. The molecule has 0 aromatic heterocycles. The lowest BCUT2D eigenvalue weighted by Crippen LogP contribution is -2.38. The van der Waals surface area contributed by atoms with Crippen LogP contribution in [0.1, 0.15) is 52.9 Å². The second kappa shape index (κ2) is 6.67. The maximum Gasteiger partial charge on any atom is 0.142 e. The fourth-order valence-electron chi connectivity index (χ4n) is 1.86. The highest BCUT2D eigenvalue weighted by Gasteiger charge is 2.18. The Bertz CT molecular complexity index is 203. The first-order valence-corrected chi connectivity index (χ1v) is 6.11. The molecule has 1 rings (SSSR count). The number of nitrogens with one attached hydrogen (secondary N) is 3. The fourth-order valence-corrected chi connectivity index (χ4v) is 1.86. The van der Waals surface area contributed by atoms with Gasteiger partial charge in [-0.25, -0.2) is 5.53 Å². The first-order chi connectivity index (χ1) is 7.27. The minimum Gasteiger partial charge on any atom is -0.288 e. The average Bonchev–Trinajstić information content (AvgIpc) is 2.76. The summed E-state index contributed by atoms with van der Waals surface area (Å²) in [6.45, 7) is 6.81. The largest absolute Gasteiger partial charge is 0.288 e. The normalized spacial score (nSPS) is 19.0. The summed E-state index contributed by atoms with van der Waals surface area (Å²) < 4.78 is 0. The van der Waals surface area contributed by atoms with Crippen molar-refractivity contribution >= 4 is 5.84 Å². The van der Waals surface area contributed by atoms with E-state index in [1.807, 2.05) is 0 Å². The molecule has 2 unspecified atom stereocenters. The second-order valence-corrected chi connectivity index (χ2v) is 4.44. The molecule has 1 aliphatic rings. The highest BCUT2D eigenvalue weighted by molar-refractivity contribution is 5.84. The second-order valence-electron chi connectivity index (χ2n) is 4.44. The van der Waals surface area contributed by atoms with Crippen LogP contribution in [0.25, 0.3) is 0 Å². The Kier molecular flexibility index (Phi) is 5.47. The highest BCUT2D eigenvalue weighted by atomic mass is 15.8. The van der Waals surface area contributed by atoms with Crippen LogP contribution in [-0.2, 0) is 0 Å². The minimum atomic E-state index is 0.575. The number of hydrazine groups is 2. The Balaban J connectivity index is 2.36. The van der Waals surface area contributed by atoms with E-state index in [2.05, 4.69) is 42.4 Å². The van der Waals surface area contributed by atoms with E-state index in [-0.39, 0.29) is 0 Å². The summed E-state index contributed by atoms with van der Waals surface area (Å²) in [4.78, 5) is 0. The predicted octanol–water partition coefficient (Wildman–Crippen LogP) is 2.15. The molecule has 0 spiro atoms. The van der Waals surface area contributed by atoms with Gasteiger partial charge in [0.2, 0.25) is 0 Å². The van der Waals surface area contributed by atoms with E-state index < -0.39 is 0 Å². The molecule has 15 heavy (non-hydrogen) atoms. The van der Waals surface area contributed by atoms with Crippen molar-refractivity contribution < 1.29 is 0 Å². The molecule has 0 fully saturated rings. The summed E-state index contributed by atoms with van der Waals surface area (Å²) in [5, 5.41) is 4.20. The van der Waals surface area contributed by atoms with Crippen molar-refractivity contribution in [1.29, 1.82) is 0 Å². The van der Waals surface area contributed by atoms with Gasteiger partial charge in [-0.15, -0.1) is 10.6 Å². The maximum atomic E-state index is 4.20. The molecule has 3 N–H and O–H groups in total. The SMILES string of the molecule is CCCC(CCC(C)CC)C1=NNNN1. The molecule has 4 heteroatoms. The van der Waals surface area contributed by atoms with Crippen molar-refractivity contribution in [3.05, 3.63) is 0 Å². The van der Waals surface area contributed by atoms with Crippen LogP contribution in [0.4, 0.5) is 0 Å². The van der Waals surface area contributed by atoms with E-state index in [1.54, 1.807) is 0 Å². The molecule has 1 aliphatic heterocycles. The van der Waals surface area contributed by atoms with Gasteiger partial charge in [0.1, 0.15) is 5.84 Å². The molecular weight excluding hydrogens is 188 g/mol. The molecule has 0 bridgehead atoms. The zero-order valence-electron chi connectivity index (χ0n) is 10.1. The topological polar surface area (TPSA) is 48.5 Å². The third-order valence-electron chi connectivity index (χ3n) is 3.15. The van der Waals surface area contributed by atoms with Gasteiger partial charge in [0.25, 0.3) is 0 Å². The number of nitrogens with zero attached hydrogens (tertiary/aromatic N) is 1. The molecule has 0 saturated heterocycles. The van der Waals surface area contributed by atoms with E-state index in [0.29, 0.717) is 5.92 Å². The van der Waals surface area contributed by atoms with Crippen LogP contribution in [0.5, 0.6) is 0 Å². The van der Waals surface area contributed by atoms with E-state index in [4.69, 9.17) is 0 Å². The zero-order chi connectivity index (χ0) is 11.1. The van der Waals surface area contributed by atoms with Crippen LogP contribution in [-0.4, -0.2) is 5.84 Å². The minimum absolute atomic E-state index is 0.575. The predicted molar refractivity (Wildman–Crippen MR) is 63.9 cm³/mol. The van der Waals surface area contributed by atoms with Gasteiger partial charge in [0.05, 0.1) is 0 Å². The smallest absolute Gasteiger partial charge is 0.142 e. The third-order valence-corrected chi connectivity index (χ3v) is 3.15. The van der Waals surface area contributed by atoms with Gasteiger partial charge in [-0.3, -0.25) is 5.43 Å². The first-order valence-electron chi connectivity index (χ1n) is 6.11. The monoisotopic (exact) mass is 212 g/mol. The van der Waals surface area contributed by atoms with Crippen LogP contribution in [0.3, 0.4) is 0 Å². The van der Waals surface area contributed by atoms with Gasteiger partial charge in [-0.05, 0) is 18.8 Å². The molecule has 0 saturated carbocycles. The summed E-state index contributed by atoms with van der Waals surface area (Å²) in [7, 11) is 0. The van der Waals surface area contributed by atoms with Crippen molar-refractivity contribution in [1.82, 2.24) is 16.5 Å². The summed E-state index contributed by atoms with van der Waals surface area (Å²) in [5.41, 5.74) is 8.62.